The molecule has 1 aliphatic heterocycles. The molecule has 0 aromatic heterocycles. The lowest BCUT2D eigenvalue weighted by Crippen LogP contribution is -2.47. The number of piperazine rings is 1. The molecule has 15 heavy (non-hydrogen) atoms. The predicted octanol–water partition coefficient (Wildman–Crippen LogP) is 0.464. The van der Waals surface area contributed by atoms with Gasteiger partial charge in [-0.1, -0.05) is 30.3 Å². The van der Waals surface area contributed by atoms with E-state index in [1.165, 1.54) is 11.6 Å². The Morgan fingerprint density at radius 2 is 2.07 bits per heavy atom. The van der Waals surface area contributed by atoms with Crippen LogP contribution in [-0.2, 0) is 0 Å². The molecule has 1 aliphatic rings. The molecule has 0 atom stereocenters. The number of β-amino-alcohol motifs (C(OH)–C–C–N with tert-alkyl or cyclic N) is 1. The number of rotatable bonds is 3. The van der Waals surface area contributed by atoms with Gasteiger partial charge in [0.1, 0.15) is 0 Å². The Bertz CT molecular complexity index is 287. The largest absolute Gasteiger partial charge is 0.395 e. The van der Waals surface area contributed by atoms with E-state index < -0.39 is 0 Å². The number of aliphatic hydroxyl groups excluding tert-OH is 1. The maximum Gasteiger partial charge on any atom is 0.0803 e. The van der Waals surface area contributed by atoms with E-state index in [1.54, 1.807) is 0 Å². The summed E-state index contributed by atoms with van der Waals surface area (Å²) in [5, 5.41) is 12.3. The van der Waals surface area contributed by atoms with E-state index in [0.717, 1.165) is 26.2 Å². The number of aliphatic hydroxyl groups is 1. The van der Waals surface area contributed by atoms with Gasteiger partial charge in [-0.05, 0) is 5.56 Å². The SMILES string of the molecule is OCCN1CCN[C](c2ccccc2)C1. The Morgan fingerprint density at radius 1 is 1.27 bits per heavy atom. The summed E-state index contributed by atoms with van der Waals surface area (Å²) in [6.07, 6.45) is 0. The number of benzene rings is 1. The Labute approximate surface area is 90.7 Å². The van der Waals surface area contributed by atoms with Crippen molar-refractivity contribution in [3.05, 3.63) is 41.9 Å². The molecule has 0 saturated carbocycles. The second kappa shape index (κ2) is 5.26. The summed E-state index contributed by atoms with van der Waals surface area (Å²) in [5.74, 6) is 0. The molecule has 1 heterocycles. The highest BCUT2D eigenvalue weighted by molar-refractivity contribution is 5.30. The number of nitrogens with one attached hydrogen (secondary N) is 1. The van der Waals surface area contributed by atoms with Gasteiger partial charge in [0, 0.05) is 26.2 Å². The van der Waals surface area contributed by atoms with Gasteiger partial charge in [0.2, 0.25) is 0 Å². The Balaban J connectivity index is 1.98. The second-order valence-corrected chi connectivity index (χ2v) is 3.77. The normalized spacial score (nSPS) is 19.3. The van der Waals surface area contributed by atoms with Crippen LogP contribution >= 0.6 is 0 Å². The highest BCUT2D eigenvalue weighted by Crippen LogP contribution is 2.15. The first kappa shape index (κ1) is 10.6. The Hall–Kier alpha value is -0.900. The molecule has 1 fully saturated rings. The highest BCUT2D eigenvalue weighted by atomic mass is 16.3. The maximum atomic E-state index is 8.90. The molecular weight excluding hydrogens is 188 g/mol. The fourth-order valence-corrected chi connectivity index (χ4v) is 1.89. The van der Waals surface area contributed by atoms with Crippen molar-refractivity contribution in [1.29, 1.82) is 0 Å². The fraction of sp³-hybridized carbons (Fsp3) is 0.417. The van der Waals surface area contributed by atoms with Crippen molar-refractivity contribution in [3.8, 4) is 0 Å². The molecule has 2 rings (SSSR count). The third kappa shape index (κ3) is 2.78. The quantitative estimate of drug-likeness (QED) is 0.752. The third-order valence-electron chi connectivity index (χ3n) is 2.69. The predicted molar refractivity (Wildman–Crippen MR) is 60.3 cm³/mol. The summed E-state index contributed by atoms with van der Waals surface area (Å²) >= 11 is 0. The average Bonchev–Trinajstić information content (AvgIpc) is 2.31. The van der Waals surface area contributed by atoms with Gasteiger partial charge in [-0.25, -0.2) is 0 Å². The minimum atomic E-state index is 0.238. The first-order valence-corrected chi connectivity index (χ1v) is 5.38. The van der Waals surface area contributed by atoms with E-state index in [-0.39, 0.29) is 6.61 Å². The van der Waals surface area contributed by atoms with E-state index in [1.807, 2.05) is 6.07 Å². The van der Waals surface area contributed by atoms with Gasteiger partial charge in [0.15, 0.2) is 0 Å². The van der Waals surface area contributed by atoms with Crippen LogP contribution in [0.4, 0.5) is 0 Å². The summed E-state index contributed by atoms with van der Waals surface area (Å²) in [5.41, 5.74) is 1.25. The summed E-state index contributed by atoms with van der Waals surface area (Å²) in [7, 11) is 0. The Kier molecular flexibility index (Phi) is 3.72. The fourth-order valence-electron chi connectivity index (χ4n) is 1.89. The first-order chi connectivity index (χ1) is 7.40. The van der Waals surface area contributed by atoms with Gasteiger partial charge in [-0.15, -0.1) is 0 Å². The molecule has 0 aliphatic carbocycles. The standard InChI is InChI=1S/C12H17N2O/c15-9-8-14-7-6-13-12(10-14)11-4-2-1-3-5-11/h1-5,13,15H,6-10H2. The van der Waals surface area contributed by atoms with Gasteiger partial charge >= 0.3 is 0 Å². The molecular formula is C12H17N2O. The summed E-state index contributed by atoms with van der Waals surface area (Å²) < 4.78 is 0. The van der Waals surface area contributed by atoms with Crippen LogP contribution in [0.3, 0.4) is 0 Å². The van der Waals surface area contributed by atoms with Crippen LogP contribution in [0, 0.1) is 6.04 Å². The molecule has 0 bridgehead atoms. The van der Waals surface area contributed by atoms with Crippen LogP contribution in [0.15, 0.2) is 30.3 Å². The number of hydrogen-bond acceptors (Lipinski definition) is 3. The average molecular weight is 205 g/mol. The van der Waals surface area contributed by atoms with E-state index >= 15 is 0 Å². The zero-order chi connectivity index (χ0) is 10.5. The number of nitrogens with zero attached hydrogens (tertiary/aromatic N) is 1. The van der Waals surface area contributed by atoms with E-state index in [0.29, 0.717) is 0 Å². The zero-order valence-electron chi connectivity index (χ0n) is 8.82. The van der Waals surface area contributed by atoms with Crippen LogP contribution in [0.5, 0.6) is 0 Å². The van der Waals surface area contributed by atoms with Crippen LogP contribution in [0.25, 0.3) is 0 Å². The summed E-state index contributed by atoms with van der Waals surface area (Å²) in [6, 6.07) is 11.6. The molecule has 1 radical (unpaired) electrons. The van der Waals surface area contributed by atoms with Crippen molar-refractivity contribution in [3.63, 3.8) is 0 Å². The molecule has 0 amide bonds. The van der Waals surface area contributed by atoms with Crippen molar-refractivity contribution in [2.24, 2.45) is 0 Å². The minimum Gasteiger partial charge on any atom is -0.395 e. The number of hydrogen-bond donors (Lipinski definition) is 2. The van der Waals surface area contributed by atoms with Crippen LogP contribution < -0.4 is 5.32 Å². The molecule has 0 unspecified atom stereocenters. The van der Waals surface area contributed by atoms with Crippen molar-refractivity contribution in [2.45, 2.75) is 0 Å². The van der Waals surface area contributed by atoms with Crippen molar-refractivity contribution in [1.82, 2.24) is 10.2 Å². The zero-order valence-corrected chi connectivity index (χ0v) is 8.82. The molecule has 0 spiro atoms. The van der Waals surface area contributed by atoms with Crippen molar-refractivity contribution < 1.29 is 5.11 Å². The lowest BCUT2D eigenvalue weighted by molar-refractivity contribution is 0.184. The third-order valence-corrected chi connectivity index (χ3v) is 2.69. The first-order valence-electron chi connectivity index (χ1n) is 5.38. The van der Waals surface area contributed by atoms with E-state index in [2.05, 4.69) is 34.5 Å². The van der Waals surface area contributed by atoms with Gasteiger partial charge < -0.3 is 10.4 Å². The monoisotopic (exact) mass is 205 g/mol. The van der Waals surface area contributed by atoms with E-state index in [9.17, 15) is 0 Å². The molecule has 2 N–H and O–H groups in total. The van der Waals surface area contributed by atoms with E-state index in [4.69, 9.17) is 5.11 Å². The van der Waals surface area contributed by atoms with Gasteiger partial charge in [0.25, 0.3) is 0 Å². The lowest BCUT2D eigenvalue weighted by Gasteiger charge is -2.32. The minimum absolute atomic E-state index is 0.238. The topological polar surface area (TPSA) is 35.5 Å². The molecule has 3 nitrogen and oxygen atoms in total. The van der Waals surface area contributed by atoms with Crippen molar-refractivity contribution in [2.75, 3.05) is 32.8 Å². The lowest BCUT2D eigenvalue weighted by atomic mass is 10.0. The summed E-state index contributed by atoms with van der Waals surface area (Å²) in [4.78, 5) is 2.26. The van der Waals surface area contributed by atoms with Crippen LogP contribution in [0.1, 0.15) is 5.56 Å². The van der Waals surface area contributed by atoms with Crippen molar-refractivity contribution >= 4 is 0 Å². The maximum absolute atomic E-state index is 8.90. The summed E-state index contributed by atoms with van der Waals surface area (Å²) in [6.45, 7) is 3.88. The molecule has 1 aromatic rings. The van der Waals surface area contributed by atoms with Crippen LogP contribution in [-0.4, -0.2) is 42.8 Å². The smallest absolute Gasteiger partial charge is 0.0803 e. The molecule has 81 valence electrons. The molecule has 3 heteroatoms. The molecule has 1 aromatic carbocycles. The highest BCUT2D eigenvalue weighted by Gasteiger charge is 2.20. The van der Waals surface area contributed by atoms with Crippen LogP contribution in [0.2, 0.25) is 0 Å². The molecule has 1 saturated heterocycles. The second-order valence-electron chi connectivity index (χ2n) is 3.77. The van der Waals surface area contributed by atoms with Gasteiger partial charge in [-0.2, -0.15) is 0 Å². The van der Waals surface area contributed by atoms with Gasteiger partial charge in [0.05, 0.1) is 12.6 Å². The Morgan fingerprint density at radius 3 is 2.80 bits per heavy atom. The van der Waals surface area contributed by atoms with Gasteiger partial charge in [-0.3, -0.25) is 4.90 Å².